The molecule has 8 rings (SSSR count). The van der Waals surface area contributed by atoms with Gasteiger partial charge in [-0.3, -0.25) is 0 Å². The predicted octanol–water partition coefficient (Wildman–Crippen LogP) is 6.63. The number of halogens is 2. The van der Waals surface area contributed by atoms with Gasteiger partial charge in [0.2, 0.25) is 0 Å². The maximum Gasteiger partial charge on any atom is -1.00 e. The van der Waals surface area contributed by atoms with Gasteiger partial charge in [0, 0.05) is 0 Å². The summed E-state index contributed by atoms with van der Waals surface area (Å²) in [5.41, 5.74) is 18.1. The first-order valence-corrected chi connectivity index (χ1v) is 22.6. The minimum atomic E-state index is -3.08. The zero-order chi connectivity index (χ0) is 36.0. The van der Waals surface area contributed by atoms with Crippen LogP contribution >= 0.6 is 0 Å². The summed E-state index contributed by atoms with van der Waals surface area (Å²) in [5.74, 6) is 0.433. The second-order valence-electron chi connectivity index (χ2n) is 15.8. The molecule has 0 bridgehead atoms. The van der Waals surface area contributed by atoms with Gasteiger partial charge in [0.1, 0.15) is 0 Å². The number of benzene rings is 6. The molecule has 2 aliphatic rings. The minimum absolute atomic E-state index is 0. The van der Waals surface area contributed by atoms with E-state index in [1.165, 1.54) is 66.8 Å². The smallest absolute Gasteiger partial charge is 1.00 e. The third-order valence-corrected chi connectivity index (χ3v) is 19.1. The molecule has 54 heavy (non-hydrogen) atoms. The molecule has 0 saturated heterocycles. The van der Waals surface area contributed by atoms with E-state index in [9.17, 15) is 0 Å². The Balaban J connectivity index is 0.00000249. The Hall–Kier alpha value is -3.87. The second kappa shape index (κ2) is 16.5. The van der Waals surface area contributed by atoms with E-state index in [-0.39, 0.29) is 30.2 Å². The number of allylic oxidation sites excluding steroid dienone is 4. The summed E-state index contributed by atoms with van der Waals surface area (Å²) in [6.07, 6.45) is 7.38. The summed E-state index contributed by atoms with van der Waals surface area (Å²) in [6.45, 7) is 14.0. The molecule has 0 N–H and O–H groups in total. The van der Waals surface area contributed by atoms with E-state index >= 15 is 0 Å². The zero-order valence-electron chi connectivity index (χ0n) is 32.2. The Morgan fingerprint density at radius 1 is 0.611 bits per heavy atom. The molecule has 0 aromatic heterocycles. The molecule has 0 heterocycles. The quantitative estimate of drug-likeness (QED) is 0.170. The van der Waals surface area contributed by atoms with Crippen molar-refractivity contribution in [2.45, 2.75) is 54.4 Å². The molecule has 2 aliphatic carbocycles. The number of fused-ring (bicyclic) bond motifs is 3. The molecular formula is C51H48Cl2Zr. The van der Waals surface area contributed by atoms with E-state index < -0.39 is 21.3 Å². The van der Waals surface area contributed by atoms with Crippen LogP contribution in [0.1, 0.15) is 67.5 Å². The SMILES string of the molecule is CCC1C=C(C(C)(C)C)C=[C]1[Zr+2](=[C](c1ccc(C)cc1)c1ccc(C)cc1)[c]1c(-c2ccccc2)ccc2c1Cc1cc(-c3ccccc3)ccc1-2.[Cl-].[Cl-]. The van der Waals surface area contributed by atoms with E-state index in [1.54, 1.807) is 15.3 Å². The van der Waals surface area contributed by atoms with Crippen LogP contribution in [-0.2, 0) is 27.7 Å². The van der Waals surface area contributed by atoms with Crippen LogP contribution in [0.25, 0.3) is 33.4 Å². The van der Waals surface area contributed by atoms with Crippen LogP contribution < -0.4 is 28.1 Å². The van der Waals surface area contributed by atoms with Crippen molar-refractivity contribution >= 4 is 6.48 Å². The summed E-state index contributed by atoms with van der Waals surface area (Å²) in [5, 5.41) is 0. The van der Waals surface area contributed by atoms with Crippen molar-refractivity contribution < 1.29 is 46.1 Å². The van der Waals surface area contributed by atoms with Crippen molar-refractivity contribution in [2.75, 3.05) is 0 Å². The van der Waals surface area contributed by atoms with Crippen LogP contribution in [0.5, 0.6) is 0 Å². The standard InChI is InChI=1S/C25H17.C15H14.C11H17.2ClH.Zr/c1-3-7-18(8-4-1)20-11-13-24-22(15-20)17-23-16-21(12-14-25(23)24)19-9-5-2-6-10-19;1-12-3-7-14(8-4-12)11-15-9-5-13(2)6-10-15;1-5-9-6-7-10(8-9)11(2,3)4;;;/h1-15H,17H2;3-10H,1-2H3;7-9H,5H2,1-4H3;2*1H;/q;;;;;+2/p-2. The van der Waals surface area contributed by atoms with Crippen molar-refractivity contribution in [3.8, 4) is 33.4 Å². The summed E-state index contributed by atoms with van der Waals surface area (Å²) < 4.78 is 4.94. The maximum atomic E-state index is 2.68. The summed E-state index contributed by atoms with van der Waals surface area (Å²) in [7, 11) is 0. The number of hydrogen-bond donors (Lipinski definition) is 0. The average Bonchev–Trinajstić information content (AvgIpc) is 3.77. The van der Waals surface area contributed by atoms with Crippen molar-refractivity contribution in [1.82, 2.24) is 0 Å². The van der Waals surface area contributed by atoms with Gasteiger partial charge in [-0.05, 0) is 0 Å². The van der Waals surface area contributed by atoms with Gasteiger partial charge in [-0.1, -0.05) is 0 Å². The van der Waals surface area contributed by atoms with Crippen LogP contribution in [0.3, 0.4) is 0 Å². The molecule has 1 atom stereocenters. The molecule has 0 radical (unpaired) electrons. The van der Waals surface area contributed by atoms with Gasteiger partial charge in [0.05, 0.1) is 0 Å². The first kappa shape index (κ1) is 39.8. The van der Waals surface area contributed by atoms with Gasteiger partial charge < -0.3 is 24.8 Å². The van der Waals surface area contributed by atoms with Gasteiger partial charge in [0.25, 0.3) is 0 Å². The average molecular weight is 823 g/mol. The maximum absolute atomic E-state index is 3.08. The van der Waals surface area contributed by atoms with Crippen LogP contribution in [0.2, 0.25) is 0 Å². The molecule has 0 amide bonds. The Morgan fingerprint density at radius 2 is 1.15 bits per heavy atom. The van der Waals surface area contributed by atoms with Crippen molar-refractivity contribution in [2.24, 2.45) is 11.3 Å². The number of hydrogen-bond acceptors (Lipinski definition) is 0. The predicted molar refractivity (Wildman–Crippen MR) is 220 cm³/mol. The van der Waals surface area contributed by atoms with E-state index in [0.29, 0.717) is 5.92 Å². The molecule has 0 nitrogen and oxygen atoms in total. The molecular weight excluding hydrogens is 775 g/mol. The fourth-order valence-corrected chi connectivity index (χ4v) is 17.4. The van der Waals surface area contributed by atoms with Crippen LogP contribution in [-0.4, -0.2) is 3.21 Å². The molecule has 0 spiro atoms. The first-order chi connectivity index (χ1) is 25.2. The van der Waals surface area contributed by atoms with E-state index in [1.807, 2.05) is 0 Å². The molecule has 270 valence electrons. The third-order valence-electron chi connectivity index (χ3n) is 11.1. The van der Waals surface area contributed by atoms with Crippen LogP contribution in [0, 0.1) is 25.2 Å². The van der Waals surface area contributed by atoms with Crippen molar-refractivity contribution in [1.29, 1.82) is 0 Å². The minimum Gasteiger partial charge on any atom is -1.00 e. The fraction of sp³-hybridized carbons (Fsp3) is 0.196. The molecule has 0 saturated carbocycles. The largest absolute Gasteiger partial charge is 1.00 e. The zero-order valence-corrected chi connectivity index (χ0v) is 36.2. The van der Waals surface area contributed by atoms with E-state index in [4.69, 9.17) is 0 Å². The molecule has 6 aromatic rings. The number of aryl methyl sites for hydroxylation is 2. The van der Waals surface area contributed by atoms with Gasteiger partial charge >= 0.3 is 321 Å². The van der Waals surface area contributed by atoms with Crippen LogP contribution in [0.15, 0.2) is 161 Å². The Bertz CT molecular complexity index is 2330. The molecule has 1 unspecified atom stereocenters. The Labute approximate surface area is 343 Å². The van der Waals surface area contributed by atoms with Crippen molar-refractivity contribution in [3.63, 3.8) is 0 Å². The van der Waals surface area contributed by atoms with Crippen LogP contribution in [0.4, 0.5) is 0 Å². The van der Waals surface area contributed by atoms with Gasteiger partial charge in [-0.25, -0.2) is 0 Å². The fourth-order valence-electron chi connectivity index (χ4n) is 8.23. The van der Waals surface area contributed by atoms with Gasteiger partial charge in [-0.15, -0.1) is 0 Å². The van der Waals surface area contributed by atoms with Gasteiger partial charge in [0.15, 0.2) is 0 Å². The monoisotopic (exact) mass is 820 g/mol. The Morgan fingerprint density at radius 3 is 1.70 bits per heavy atom. The van der Waals surface area contributed by atoms with Gasteiger partial charge in [-0.2, -0.15) is 0 Å². The van der Waals surface area contributed by atoms with E-state index in [0.717, 1.165) is 12.8 Å². The first-order valence-electron chi connectivity index (χ1n) is 18.9. The summed E-state index contributed by atoms with van der Waals surface area (Å²) in [6, 6.07) is 53.1. The molecule has 6 aromatic carbocycles. The summed E-state index contributed by atoms with van der Waals surface area (Å²) >= 11 is -3.08. The topological polar surface area (TPSA) is 0 Å². The molecule has 0 aliphatic heterocycles. The molecule has 0 fully saturated rings. The third kappa shape index (κ3) is 7.66. The molecule has 3 heteroatoms. The van der Waals surface area contributed by atoms with Crippen molar-refractivity contribution in [3.05, 3.63) is 194 Å². The summed E-state index contributed by atoms with van der Waals surface area (Å²) in [4.78, 5) is 0. The Kier molecular flexibility index (Phi) is 12.1. The van der Waals surface area contributed by atoms with E-state index in [2.05, 4.69) is 193 Å². The normalized spacial score (nSPS) is 14.1. The second-order valence-corrected chi connectivity index (χ2v) is 21.5. The number of rotatable bonds is 7.